The summed E-state index contributed by atoms with van der Waals surface area (Å²) in [5, 5.41) is 10.5. The van der Waals surface area contributed by atoms with Gasteiger partial charge in [-0.15, -0.1) is 0 Å². The molecule has 1 atom stereocenters. The van der Waals surface area contributed by atoms with Gasteiger partial charge >= 0.3 is 0 Å². The Morgan fingerprint density at radius 3 is 2.90 bits per heavy atom. The number of hydrogen-bond donors (Lipinski definition) is 1. The maximum Gasteiger partial charge on any atom is 0.122 e. The van der Waals surface area contributed by atoms with Crippen LogP contribution >= 0.6 is 0 Å². The van der Waals surface area contributed by atoms with Crippen LogP contribution in [-0.4, -0.2) is 18.8 Å². The molecule has 0 bridgehead atoms. The summed E-state index contributed by atoms with van der Waals surface area (Å²) in [5.41, 5.74) is 4.03. The maximum atomic E-state index is 10.5. The second-order valence-electron chi connectivity index (χ2n) is 5.05. The Labute approximate surface area is 118 Å². The van der Waals surface area contributed by atoms with Crippen LogP contribution < -0.4 is 4.74 Å². The third-order valence-corrected chi connectivity index (χ3v) is 3.61. The SMILES string of the molecule is COCc1cccc(C(O)c2ccc3c(c2)CCO3)c1. The summed E-state index contributed by atoms with van der Waals surface area (Å²) in [6.45, 7) is 1.29. The Bertz CT molecular complexity index is 607. The predicted octanol–water partition coefficient (Wildman–Crippen LogP) is 2.85. The third-order valence-electron chi connectivity index (χ3n) is 3.61. The average Bonchev–Trinajstić information content (AvgIpc) is 2.94. The number of rotatable bonds is 4. The lowest BCUT2D eigenvalue weighted by Crippen LogP contribution is -2.01. The molecule has 0 spiro atoms. The zero-order chi connectivity index (χ0) is 13.9. The van der Waals surface area contributed by atoms with Gasteiger partial charge in [-0.1, -0.05) is 30.3 Å². The average molecular weight is 270 g/mol. The topological polar surface area (TPSA) is 38.7 Å². The van der Waals surface area contributed by atoms with Crippen LogP contribution in [0.3, 0.4) is 0 Å². The van der Waals surface area contributed by atoms with Crippen LogP contribution in [0.2, 0.25) is 0 Å². The highest BCUT2D eigenvalue weighted by atomic mass is 16.5. The molecule has 1 aliphatic rings. The molecule has 104 valence electrons. The van der Waals surface area contributed by atoms with E-state index in [2.05, 4.69) is 0 Å². The maximum absolute atomic E-state index is 10.5. The molecule has 0 saturated heterocycles. The fourth-order valence-electron chi connectivity index (χ4n) is 2.59. The van der Waals surface area contributed by atoms with Crippen molar-refractivity contribution in [2.24, 2.45) is 0 Å². The van der Waals surface area contributed by atoms with Crippen LogP contribution in [0.1, 0.15) is 28.4 Å². The molecular formula is C17H18O3. The summed E-state index contributed by atoms with van der Waals surface area (Å²) in [6, 6.07) is 13.8. The fraction of sp³-hybridized carbons (Fsp3) is 0.294. The minimum Gasteiger partial charge on any atom is -0.493 e. The van der Waals surface area contributed by atoms with Gasteiger partial charge in [0.25, 0.3) is 0 Å². The minimum atomic E-state index is -0.613. The van der Waals surface area contributed by atoms with Crippen molar-refractivity contribution < 1.29 is 14.6 Å². The van der Waals surface area contributed by atoms with E-state index in [1.54, 1.807) is 7.11 Å². The fourth-order valence-corrected chi connectivity index (χ4v) is 2.59. The summed E-state index contributed by atoms with van der Waals surface area (Å²) >= 11 is 0. The molecular weight excluding hydrogens is 252 g/mol. The summed E-state index contributed by atoms with van der Waals surface area (Å²) < 4.78 is 10.6. The molecule has 1 unspecified atom stereocenters. The first-order valence-electron chi connectivity index (χ1n) is 6.79. The van der Waals surface area contributed by atoms with E-state index in [0.717, 1.165) is 35.5 Å². The number of aliphatic hydroxyl groups excluding tert-OH is 1. The Kier molecular flexibility index (Phi) is 3.72. The molecule has 1 aliphatic heterocycles. The highest BCUT2D eigenvalue weighted by Crippen LogP contribution is 2.30. The molecule has 0 fully saturated rings. The lowest BCUT2D eigenvalue weighted by molar-refractivity contribution is 0.184. The normalized spacial score (nSPS) is 14.7. The summed E-state index contributed by atoms with van der Waals surface area (Å²) in [7, 11) is 1.67. The van der Waals surface area contributed by atoms with Gasteiger partial charge < -0.3 is 14.6 Å². The lowest BCUT2D eigenvalue weighted by atomic mass is 9.98. The van der Waals surface area contributed by atoms with E-state index in [0.29, 0.717) is 6.61 Å². The summed E-state index contributed by atoms with van der Waals surface area (Å²) in [5.74, 6) is 0.939. The van der Waals surface area contributed by atoms with Crippen molar-refractivity contribution in [2.75, 3.05) is 13.7 Å². The molecule has 3 heteroatoms. The molecule has 1 N–H and O–H groups in total. The van der Waals surface area contributed by atoms with Crippen LogP contribution in [0, 0.1) is 0 Å². The highest BCUT2D eigenvalue weighted by Gasteiger charge is 2.16. The Morgan fingerprint density at radius 1 is 1.20 bits per heavy atom. The highest BCUT2D eigenvalue weighted by molar-refractivity contribution is 5.43. The van der Waals surface area contributed by atoms with E-state index in [4.69, 9.17) is 9.47 Å². The van der Waals surface area contributed by atoms with E-state index in [-0.39, 0.29) is 0 Å². The Hall–Kier alpha value is -1.84. The first-order valence-corrected chi connectivity index (χ1v) is 6.79. The van der Waals surface area contributed by atoms with Gasteiger partial charge in [0, 0.05) is 13.5 Å². The number of aliphatic hydroxyl groups is 1. The zero-order valence-electron chi connectivity index (χ0n) is 11.5. The zero-order valence-corrected chi connectivity index (χ0v) is 11.5. The van der Waals surface area contributed by atoms with E-state index in [9.17, 15) is 5.11 Å². The molecule has 0 saturated carbocycles. The van der Waals surface area contributed by atoms with Crippen molar-refractivity contribution in [1.29, 1.82) is 0 Å². The van der Waals surface area contributed by atoms with Crippen molar-refractivity contribution in [3.63, 3.8) is 0 Å². The van der Waals surface area contributed by atoms with Crippen molar-refractivity contribution in [2.45, 2.75) is 19.1 Å². The molecule has 2 aromatic carbocycles. The van der Waals surface area contributed by atoms with Gasteiger partial charge in [0.2, 0.25) is 0 Å². The van der Waals surface area contributed by atoms with E-state index in [1.165, 1.54) is 5.56 Å². The summed E-state index contributed by atoms with van der Waals surface area (Å²) in [6.07, 6.45) is 0.303. The summed E-state index contributed by atoms with van der Waals surface area (Å²) in [4.78, 5) is 0. The first kappa shape index (κ1) is 13.2. The van der Waals surface area contributed by atoms with Gasteiger partial charge in [0.15, 0.2) is 0 Å². The lowest BCUT2D eigenvalue weighted by Gasteiger charge is -2.13. The Morgan fingerprint density at radius 2 is 2.05 bits per heavy atom. The number of fused-ring (bicyclic) bond motifs is 1. The minimum absolute atomic E-state index is 0.554. The number of ether oxygens (including phenoxy) is 2. The smallest absolute Gasteiger partial charge is 0.122 e. The van der Waals surface area contributed by atoms with Gasteiger partial charge in [-0.05, 0) is 34.4 Å². The van der Waals surface area contributed by atoms with Gasteiger partial charge in [-0.25, -0.2) is 0 Å². The van der Waals surface area contributed by atoms with Crippen LogP contribution in [-0.2, 0) is 17.8 Å². The molecule has 0 radical (unpaired) electrons. The quantitative estimate of drug-likeness (QED) is 0.928. The third kappa shape index (κ3) is 2.55. The molecule has 0 aliphatic carbocycles. The van der Waals surface area contributed by atoms with E-state index in [1.807, 2.05) is 42.5 Å². The number of methoxy groups -OCH3 is 1. The molecule has 3 nitrogen and oxygen atoms in total. The van der Waals surface area contributed by atoms with E-state index >= 15 is 0 Å². The van der Waals surface area contributed by atoms with Gasteiger partial charge in [-0.3, -0.25) is 0 Å². The predicted molar refractivity (Wildman–Crippen MR) is 76.9 cm³/mol. The van der Waals surface area contributed by atoms with Crippen LogP contribution in [0.5, 0.6) is 5.75 Å². The van der Waals surface area contributed by atoms with Gasteiger partial charge in [0.1, 0.15) is 11.9 Å². The van der Waals surface area contributed by atoms with Crippen molar-refractivity contribution in [3.8, 4) is 5.75 Å². The molecule has 20 heavy (non-hydrogen) atoms. The molecule has 2 aromatic rings. The first-order chi connectivity index (χ1) is 9.78. The van der Waals surface area contributed by atoms with Crippen molar-refractivity contribution in [1.82, 2.24) is 0 Å². The van der Waals surface area contributed by atoms with Crippen LogP contribution in [0.25, 0.3) is 0 Å². The molecule has 3 rings (SSSR count). The van der Waals surface area contributed by atoms with Gasteiger partial charge in [-0.2, -0.15) is 0 Å². The molecule has 0 amide bonds. The van der Waals surface area contributed by atoms with Crippen molar-refractivity contribution in [3.05, 3.63) is 64.7 Å². The Balaban J connectivity index is 1.88. The second-order valence-corrected chi connectivity index (χ2v) is 5.05. The van der Waals surface area contributed by atoms with E-state index < -0.39 is 6.10 Å². The number of hydrogen-bond acceptors (Lipinski definition) is 3. The van der Waals surface area contributed by atoms with Crippen LogP contribution in [0.15, 0.2) is 42.5 Å². The standard InChI is InChI=1S/C17H18O3/c1-19-11-12-3-2-4-14(9-12)17(18)15-5-6-16-13(10-15)7-8-20-16/h2-6,9-10,17-18H,7-8,11H2,1H3. The van der Waals surface area contributed by atoms with Crippen LogP contribution in [0.4, 0.5) is 0 Å². The monoisotopic (exact) mass is 270 g/mol. The second kappa shape index (κ2) is 5.65. The molecule has 0 aromatic heterocycles. The largest absolute Gasteiger partial charge is 0.493 e. The van der Waals surface area contributed by atoms with Gasteiger partial charge in [0.05, 0.1) is 13.2 Å². The number of benzene rings is 2. The van der Waals surface area contributed by atoms with Crippen molar-refractivity contribution >= 4 is 0 Å². The molecule has 1 heterocycles.